The summed E-state index contributed by atoms with van der Waals surface area (Å²) in [4.78, 5) is 14.4. The summed E-state index contributed by atoms with van der Waals surface area (Å²) in [6.07, 6.45) is 6.84. The van der Waals surface area contributed by atoms with E-state index >= 15 is 0 Å². The van der Waals surface area contributed by atoms with Crippen LogP contribution in [-0.2, 0) is 14.6 Å². The van der Waals surface area contributed by atoms with E-state index in [0.717, 1.165) is 12.8 Å². The zero-order chi connectivity index (χ0) is 14.8. The van der Waals surface area contributed by atoms with Gasteiger partial charge in [0.2, 0.25) is 5.91 Å². The molecule has 0 bridgehead atoms. The maximum atomic E-state index is 12.6. The third-order valence-corrected chi connectivity index (χ3v) is 5.87. The number of rotatable bonds is 5. The first-order valence-corrected chi connectivity index (χ1v) is 9.20. The second kappa shape index (κ2) is 6.26. The molecular weight excluding hydrogens is 276 g/mol. The van der Waals surface area contributed by atoms with Gasteiger partial charge in [0.15, 0.2) is 9.84 Å². The number of hydrogen-bond donors (Lipinski definition) is 1. The Morgan fingerprint density at radius 3 is 2.65 bits per heavy atom. The minimum atomic E-state index is -2.97. The van der Waals surface area contributed by atoms with Crippen molar-refractivity contribution < 1.29 is 13.2 Å². The maximum Gasteiger partial charge on any atom is 0.229 e. The number of amides is 1. The second-order valence-corrected chi connectivity index (χ2v) is 8.06. The van der Waals surface area contributed by atoms with Gasteiger partial charge >= 0.3 is 0 Å². The SMILES string of the molecule is CCCCN(C(=O)C1C=CC(N)C1)C1CCS(=O)(=O)C1. The van der Waals surface area contributed by atoms with Crippen LogP contribution in [0.5, 0.6) is 0 Å². The minimum Gasteiger partial charge on any atom is -0.338 e. The normalized spacial score (nSPS) is 31.6. The van der Waals surface area contributed by atoms with Crippen LogP contribution in [0.25, 0.3) is 0 Å². The second-order valence-electron chi connectivity index (χ2n) is 5.83. The van der Waals surface area contributed by atoms with Gasteiger partial charge in [-0.15, -0.1) is 0 Å². The van der Waals surface area contributed by atoms with Crippen molar-refractivity contribution in [2.45, 2.75) is 44.7 Å². The van der Waals surface area contributed by atoms with Crippen LogP contribution in [0.15, 0.2) is 12.2 Å². The summed E-state index contributed by atoms with van der Waals surface area (Å²) in [5, 5.41) is 0. The van der Waals surface area contributed by atoms with Crippen LogP contribution in [0, 0.1) is 5.92 Å². The molecule has 0 saturated carbocycles. The molecule has 3 unspecified atom stereocenters. The lowest BCUT2D eigenvalue weighted by atomic mass is 10.0. The number of carbonyl (C=O) groups excluding carboxylic acids is 1. The van der Waals surface area contributed by atoms with E-state index in [1.54, 1.807) is 4.90 Å². The summed E-state index contributed by atoms with van der Waals surface area (Å²) in [6, 6.07) is -0.200. The Morgan fingerprint density at radius 1 is 1.40 bits per heavy atom. The highest BCUT2D eigenvalue weighted by Gasteiger charge is 2.37. The van der Waals surface area contributed by atoms with Gasteiger partial charge in [-0.05, 0) is 19.3 Å². The van der Waals surface area contributed by atoms with E-state index in [0.29, 0.717) is 19.4 Å². The average molecular weight is 300 g/mol. The third kappa shape index (κ3) is 3.61. The lowest BCUT2D eigenvalue weighted by Gasteiger charge is -2.30. The van der Waals surface area contributed by atoms with Gasteiger partial charge in [-0.3, -0.25) is 4.79 Å². The summed E-state index contributed by atoms with van der Waals surface area (Å²) in [5.41, 5.74) is 5.81. The molecule has 0 spiro atoms. The van der Waals surface area contributed by atoms with Crippen LogP contribution in [-0.4, -0.2) is 49.4 Å². The quantitative estimate of drug-likeness (QED) is 0.758. The lowest BCUT2D eigenvalue weighted by molar-refractivity contribution is -0.136. The number of unbranched alkanes of at least 4 members (excludes halogenated alkanes) is 1. The largest absolute Gasteiger partial charge is 0.338 e. The number of carbonyl (C=O) groups is 1. The molecule has 1 aliphatic carbocycles. The Hall–Kier alpha value is -0.880. The van der Waals surface area contributed by atoms with Crippen LogP contribution in [0.1, 0.15) is 32.6 Å². The zero-order valence-corrected chi connectivity index (χ0v) is 12.8. The van der Waals surface area contributed by atoms with Crippen LogP contribution in [0.3, 0.4) is 0 Å². The van der Waals surface area contributed by atoms with Crippen LogP contribution in [0.2, 0.25) is 0 Å². The van der Waals surface area contributed by atoms with E-state index in [1.807, 2.05) is 12.2 Å². The number of sulfone groups is 1. The highest BCUT2D eigenvalue weighted by molar-refractivity contribution is 7.91. The average Bonchev–Trinajstić information content (AvgIpc) is 2.96. The molecule has 2 aliphatic rings. The fourth-order valence-electron chi connectivity index (χ4n) is 2.95. The van der Waals surface area contributed by atoms with Gasteiger partial charge in [0.25, 0.3) is 0 Å². The number of nitrogens with two attached hydrogens (primary N) is 1. The van der Waals surface area contributed by atoms with Crippen molar-refractivity contribution in [3.8, 4) is 0 Å². The maximum absolute atomic E-state index is 12.6. The zero-order valence-electron chi connectivity index (χ0n) is 12.0. The van der Waals surface area contributed by atoms with Crippen molar-refractivity contribution >= 4 is 15.7 Å². The molecule has 0 aromatic rings. The van der Waals surface area contributed by atoms with Crippen molar-refractivity contribution in [3.05, 3.63) is 12.2 Å². The Balaban J connectivity index is 2.07. The molecule has 5 nitrogen and oxygen atoms in total. The molecule has 0 aromatic heterocycles. The van der Waals surface area contributed by atoms with Crippen LogP contribution < -0.4 is 5.73 Å². The molecule has 1 saturated heterocycles. The predicted octanol–water partition coefficient (Wildman–Crippen LogP) is 0.706. The van der Waals surface area contributed by atoms with Gasteiger partial charge in [0.1, 0.15) is 0 Å². The predicted molar refractivity (Wildman–Crippen MR) is 78.9 cm³/mol. The lowest BCUT2D eigenvalue weighted by Crippen LogP contribution is -2.44. The molecule has 2 N–H and O–H groups in total. The van der Waals surface area contributed by atoms with E-state index < -0.39 is 9.84 Å². The van der Waals surface area contributed by atoms with Crippen molar-refractivity contribution in [1.82, 2.24) is 4.90 Å². The topological polar surface area (TPSA) is 80.5 Å². The van der Waals surface area contributed by atoms with Crippen molar-refractivity contribution in [1.29, 1.82) is 0 Å². The highest BCUT2D eigenvalue weighted by atomic mass is 32.2. The van der Waals surface area contributed by atoms with E-state index in [1.165, 1.54) is 0 Å². The fraction of sp³-hybridized carbons (Fsp3) is 0.786. The molecule has 2 rings (SSSR count). The minimum absolute atomic E-state index is 0.0461. The Bertz CT molecular complexity index is 487. The molecule has 6 heteroatoms. The van der Waals surface area contributed by atoms with Gasteiger partial charge < -0.3 is 10.6 Å². The van der Waals surface area contributed by atoms with E-state index in [4.69, 9.17) is 5.73 Å². The number of hydrogen-bond acceptors (Lipinski definition) is 4. The smallest absolute Gasteiger partial charge is 0.229 e. The van der Waals surface area contributed by atoms with Crippen molar-refractivity contribution in [2.24, 2.45) is 11.7 Å². The standard InChI is InChI=1S/C14H24N2O3S/c1-2-3-7-16(13-6-8-20(18,19)10-13)14(17)11-4-5-12(15)9-11/h4-5,11-13H,2-3,6-10,15H2,1H3. The van der Waals surface area contributed by atoms with Gasteiger partial charge in [-0.25, -0.2) is 8.42 Å². The van der Waals surface area contributed by atoms with Crippen molar-refractivity contribution in [2.75, 3.05) is 18.1 Å². The summed E-state index contributed by atoms with van der Waals surface area (Å²) >= 11 is 0. The Labute approximate surface area is 121 Å². The molecule has 1 aliphatic heterocycles. The molecule has 0 aromatic carbocycles. The molecule has 3 atom stereocenters. The molecule has 0 radical (unpaired) electrons. The summed E-state index contributed by atoms with van der Waals surface area (Å²) in [7, 11) is -2.97. The number of nitrogens with zero attached hydrogens (tertiary/aromatic N) is 1. The Kier molecular flexibility index (Phi) is 4.86. The fourth-order valence-corrected chi connectivity index (χ4v) is 4.68. The van der Waals surface area contributed by atoms with Crippen LogP contribution in [0.4, 0.5) is 0 Å². The molecule has 1 heterocycles. The van der Waals surface area contributed by atoms with Crippen LogP contribution >= 0.6 is 0 Å². The highest BCUT2D eigenvalue weighted by Crippen LogP contribution is 2.24. The first kappa shape index (κ1) is 15.5. The van der Waals surface area contributed by atoms with Crippen molar-refractivity contribution in [3.63, 3.8) is 0 Å². The summed E-state index contributed by atoms with van der Waals surface area (Å²) < 4.78 is 23.3. The van der Waals surface area contributed by atoms with E-state index in [-0.39, 0.29) is 35.4 Å². The molecule has 1 fully saturated rings. The molecular formula is C14H24N2O3S. The molecule has 20 heavy (non-hydrogen) atoms. The monoisotopic (exact) mass is 300 g/mol. The summed E-state index contributed by atoms with van der Waals surface area (Å²) in [6.45, 7) is 2.72. The van der Waals surface area contributed by atoms with Gasteiger partial charge in [-0.1, -0.05) is 25.5 Å². The first-order chi connectivity index (χ1) is 9.43. The summed E-state index contributed by atoms with van der Waals surface area (Å²) in [5.74, 6) is 0.188. The van der Waals surface area contributed by atoms with E-state index in [2.05, 4.69) is 6.92 Å². The van der Waals surface area contributed by atoms with E-state index in [9.17, 15) is 13.2 Å². The van der Waals surface area contributed by atoms with Gasteiger partial charge in [-0.2, -0.15) is 0 Å². The first-order valence-electron chi connectivity index (χ1n) is 7.37. The Morgan fingerprint density at radius 2 is 2.15 bits per heavy atom. The van der Waals surface area contributed by atoms with Gasteiger partial charge in [0.05, 0.1) is 17.4 Å². The molecule has 114 valence electrons. The molecule has 1 amide bonds. The third-order valence-electron chi connectivity index (χ3n) is 4.12. The van der Waals surface area contributed by atoms with Gasteiger partial charge in [0, 0.05) is 18.6 Å².